The Morgan fingerprint density at radius 3 is 2.06 bits per heavy atom. The van der Waals surface area contributed by atoms with E-state index in [1.165, 1.54) is 4.90 Å². The predicted molar refractivity (Wildman–Crippen MR) is 69.7 cm³/mol. The second-order valence-electron chi connectivity index (χ2n) is 6.25. The summed E-state index contributed by atoms with van der Waals surface area (Å²) in [6, 6.07) is 0. The fraction of sp³-hybridized carbons (Fsp3) is 0.846. The van der Waals surface area contributed by atoms with Crippen LogP contribution in [0.2, 0.25) is 0 Å². The zero-order valence-corrected chi connectivity index (χ0v) is 11.8. The minimum absolute atomic E-state index is 0.0393. The number of hydrogen-bond acceptors (Lipinski definition) is 3. The average Bonchev–Trinajstić information content (AvgIpc) is 2.69. The fourth-order valence-electron chi connectivity index (χ4n) is 2.90. The second-order valence-corrected chi connectivity index (χ2v) is 6.62. The van der Waals surface area contributed by atoms with Crippen molar-refractivity contribution in [3.8, 4) is 0 Å². The van der Waals surface area contributed by atoms with Crippen molar-refractivity contribution in [2.45, 2.75) is 27.7 Å². The van der Waals surface area contributed by atoms with Crippen LogP contribution in [0.5, 0.6) is 0 Å². The maximum Gasteiger partial charge on any atom is 0.233 e. The smallest absolute Gasteiger partial charge is 0.233 e. The summed E-state index contributed by atoms with van der Waals surface area (Å²) in [7, 11) is 0. The number of likely N-dealkylation sites (tertiary alicyclic amines) is 1. The standard InChI is InChI=1S/C13H21NO2S/c1-7(2)8(6-17)5-14-11(15)9-10(12(14)16)13(9,3)4/h7-10,17H,5-6H2,1-4H3. The lowest BCUT2D eigenvalue weighted by Gasteiger charge is -2.27. The van der Waals surface area contributed by atoms with E-state index >= 15 is 0 Å². The summed E-state index contributed by atoms with van der Waals surface area (Å²) in [6.45, 7) is 8.77. The van der Waals surface area contributed by atoms with Gasteiger partial charge in [0.05, 0.1) is 11.8 Å². The van der Waals surface area contributed by atoms with Crippen LogP contribution in [-0.4, -0.2) is 29.0 Å². The van der Waals surface area contributed by atoms with Gasteiger partial charge in [0.25, 0.3) is 0 Å². The lowest BCUT2D eigenvalue weighted by molar-refractivity contribution is -0.143. The van der Waals surface area contributed by atoms with Crippen LogP contribution >= 0.6 is 12.6 Å². The number of piperidine rings is 1. The molecule has 1 aliphatic carbocycles. The number of carbonyl (C=O) groups excluding carboxylic acids is 2. The van der Waals surface area contributed by atoms with Crippen LogP contribution in [0.15, 0.2) is 0 Å². The Balaban J connectivity index is 2.06. The molecule has 2 rings (SSSR count). The molecule has 4 heteroatoms. The van der Waals surface area contributed by atoms with E-state index in [2.05, 4.69) is 26.5 Å². The monoisotopic (exact) mass is 255 g/mol. The highest BCUT2D eigenvalue weighted by Gasteiger charge is 2.72. The highest BCUT2D eigenvalue weighted by Crippen LogP contribution is 2.63. The van der Waals surface area contributed by atoms with Crippen molar-refractivity contribution in [2.24, 2.45) is 29.1 Å². The lowest BCUT2D eigenvalue weighted by Crippen LogP contribution is -2.41. The molecule has 1 saturated heterocycles. The van der Waals surface area contributed by atoms with Crippen molar-refractivity contribution in [3.05, 3.63) is 0 Å². The molecule has 1 saturated carbocycles. The van der Waals surface area contributed by atoms with Gasteiger partial charge in [-0.3, -0.25) is 14.5 Å². The van der Waals surface area contributed by atoms with Crippen LogP contribution in [0, 0.1) is 29.1 Å². The van der Waals surface area contributed by atoms with Gasteiger partial charge in [-0.2, -0.15) is 12.6 Å². The summed E-state index contributed by atoms with van der Waals surface area (Å²) in [4.78, 5) is 25.7. The van der Waals surface area contributed by atoms with Gasteiger partial charge < -0.3 is 0 Å². The first-order valence-electron chi connectivity index (χ1n) is 6.28. The molecule has 1 aliphatic heterocycles. The summed E-state index contributed by atoms with van der Waals surface area (Å²) in [5.41, 5.74) is -0.0983. The molecule has 0 aromatic carbocycles. The second kappa shape index (κ2) is 4.01. The minimum atomic E-state index is -0.0983. The number of amides is 2. The van der Waals surface area contributed by atoms with Crippen LogP contribution in [0.4, 0.5) is 0 Å². The Morgan fingerprint density at radius 2 is 1.71 bits per heavy atom. The van der Waals surface area contributed by atoms with Gasteiger partial charge >= 0.3 is 0 Å². The molecule has 96 valence electrons. The number of hydrogen-bond donors (Lipinski definition) is 1. The lowest BCUT2D eigenvalue weighted by atomic mass is 9.96. The van der Waals surface area contributed by atoms with Crippen molar-refractivity contribution in [1.29, 1.82) is 0 Å². The van der Waals surface area contributed by atoms with Gasteiger partial charge in [-0.1, -0.05) is 27.7 Å². The molecule has 3 nitrogen and oxygen atoms in total. The predicted octanol–water partition coefficient (Wildman–Crippen LogP) is 1.83. The molecule has 2 amide bonds. The summed E-state index contributed by atoms with van der Waals surface area (Å²) in [5, 5.41) is 0. The van der Waals surface area contributed by atoms with E-state index in [0.717, 1.165) is 0 Å². The van der Waals surface area contributed by atoms with Gasteiger partial charge in [-0.25, -0.2) is 0 Å². The third-order valence-corrected chi connectivity index (χ3v) is 4.95. The van der Waals surface area contributed by atoms with E-state index < -0.39 is 0 Å². The molecular formula is C13H21NO2S. The van der Waals surface area contributed by atoms with Crippen molar-refractivity contribution < 1.29 is 9.59 Å². The molecule has 0 bridgehead atoms. The topological polar surface area (TPSA) is 37.4 Å². The Kier molecular flexibility index (Phi) is 3.05. The Labute approximate surface area is 108 Å². The first-order valence-corrected chi connectivity index (χ1v) is 6.91. The van der Waals surface area contributed by atoms with E-state index in [1.807, 2.05) is 13.8 Å². The van der Waals surface area contributed by atoms with Crippen LogP contribution in [0.1, 0.15) is 27.7 Å². The van der Waals surface area contributed by atoms with Gasteiger partial charge in [-0.05, 0) is 23.0 Å². The Bertz CT molecular complexity index is 340. The van der Waals surface area contributed by atoms with Gasteiger partial charge in [0.15, 0.2) is 0 Å². The SMILES string of the molecule is CC(C)C(CS)CN1C(=O)C2C(C1=O)C2(C)C. The van der Waals surface area contributed by atoms with E-state index in [4.69, 9.17) is 0 Å². The first-order chi connectivity index (χ1) is 7.82. The first kappa shape index (κ1) is 12.9. The van der Waals surface area contributed by atoms with Crippen LogP contribution in [-0.2, 0) is 9.59 Å². The number of rotatable bonds is 4. The van der Waals surface area contributed by atoms with E-state index in [-0.39, 0.29) is 29.1 Å². The Morgan fingerprint density at radius 1 is 1.24 bits per heavy atom. The van der Waals surface area contributed by atoms with E-state index in [9.17, 15) is 9.59 Å². The van der Waals surface area contributed by atoms with Gasteiger partial charge in [0.2, 0.25) is 11.8 Å². The van der Waals surface area contributed by atoms with E-state index in [0.29, 0.717) is 24.1 Å². The van der Waals surface area contributed by atoms with Crippen LogP contribution in [0.25, 0.3) is 0 Å². The van der Waals surface area contributed by atoms with Gasteiger partial charge in [-0.15, -0.1) is 0 Å². The molecule has 17 heavy (non-hydrogen) atoms. The molecule has 3 unspecified atom stereocenters. The highest BCUT2D eigenvalue weighted by molar-refractivity contribution is 7.80. The minimum Gasteiger partial charge on any atom is -0.282 e. The third-order valence-electron chi connectivity index (χ3n) is 4.49. The van der Waals surface area contributed by atoms with Crippen LogP contribution in [0.3, 0.4) is 0 Å². The number of carbonyl (C=O) groups is 2. The number of imide groups is 1. The molecule has 0 spiro atoms. The molecule has 1 heterocycles. The summed E-state index contributed by atoms with van der Waals surface area (Å²) in [5.74, 6) is 1.43. The number of fused-ring (bicyclic) bond motifs is 1. The number of thiol groups is 1. The molecule has 0 radical (unpaired) electrons. The van der Waals surface area contributed by atoms with Gasteiger partial charge in [0.1, 0.15) is 0 Å². The molecule has 3 atom stereocenters. The average molecular weight is 255 g/mol. The van der Waals surface area contributed by atoms with E-state index in [1.54, 1.807) is 0 Å². The van der Waals surface area contributed by atoms with Crippen molar-refractivity contribution in [3.63, 3.8) is 0 Å². The molecule has 0 aromatic rings. The fourth-order valence-corrected chi connectivity index (χ4v) is 3.43. The number of nitrogens with zero attached hydrogens (tertiary/aromatic N) is 1. The summed E-state index contributed by atoms with van der Waals surface area (Å²) < 4.78 is 0. The van der Waals surface area contributed by atoms with Gasteiger partial charge in [0, 0.05) is 6.54 Å². The highest BCUT2D eigenvalue weighted by atomic mass is 32.1. The zero-order chi connectivity index (χ0) is 13.0. The normalized spacial score (nSPS) is 32.0. The molecule has 0 aromatic heterocycles. The largest absolute Gasteiger partial charge is 0.282 e. The molecule has 2 aliphatic rings. The van der Waals surface area contributed by atoms with Crippen LogP contribution < -0.4 is 0 Å². The zero-order valence-electron chi connectivity index (χ0n) is 10.9. The van der Waals surface area contributed by atoms with Crippen molar-refractivity contribution >= 4 is 24.4 Å². The summed E-state index contributed by atoms with van der Waals surface area (Å²) in [6.07, 6.45) is 0. The molecule has 2 fully saturated rings. The summed E-state index contributed by atoms with van der Waals surface area (Å²) >= 11 is 4.31. The molecule has 0 N–H and O–H groups in total. The maximum absolute atomic E-state index is 12.1. The third kappa shape index (κ3) is 1.81. The maximum atomic E-state index is 12.1. The van der Waals surface area contributed by atoms with Crippen molar-refractivity contribution in [2.75, 3.05) is 12.3 Å². The Hall–Kier alpha value is -0.510. The quantitative estimate of drug-likeness (QED) is 0.615. The van der Waals surface area contributed by atoms with Crippen molar-refractivity contribution in [1.82, 2.24) is 4.90 Å². The molecular weight excluding hydrogens is 234 g/mol.